The van der Waals surface area contributed by atoms with Crippen LogP contribution in [0.5, 0.6) is 0 Å². The molecule has 0 aliphatic heterocycles. The molecular weight excluding hydrogens is 567 g/mol. The van der Waals surface area contributed by atoms with Crippen LogP contribution in [-0.4, -0.2) is 0 Å². The summed E-state index contributed by atoms with van der Waals surface area (Å²) in [5.41, 5.74) is 8.25. The van der Waals surface area contributed by atoms with Crippen molar-refractivity contribution in [3.63, 3.8) is 0 Å². The first kappa shape index (κ1) is 27.2. The van der Waals surface area contributed by atoms with E-state index in [9.17, 15) is 0 Å². The maximum Gasteiger partial charge on any atom is 0.0467 e. The van der Waals surface area contributed by atoms with Gasteiger partial charge in [0.05, 0.1) is 0 Å². The SMILES string of the molecule is c1ccc(N(c2ccc(-c3cccc4ccccc34)cc2)c2cccc(-c3cccc4c3ccc3ccc5ccccc5c34)c2)cc1. The van der Waals surface area contributed by atoms with Crippen molar-refractivity contribution >= 4 is 60.2 Å². The number of benzene rings is 9. The fraction of sp³-hybridized carbons (Fsp3) is 0. The number of rotatable bonds is 5. The lowest BCUT2D eigenvalue weighted by molar-refractivity contribution is 1.28. The summed E-state index contributed by atoms with van der Waals surface area (Å²) in [6, 6.07) is 68.2. The van der Waals surface area contributed by atoms with Gasteiger partial charge in [-0.3, -0.25) is 0 Å². The molecule has 0 atom stereocenters. The zero-order chi connectivity index (χ0) is 31.2. The highest BCUT2D eigenvalue weighted by Gasteiger charge is 2.15. The van der Waals surface area contributed by atoms with Crippen LogP contribution in [0.15, 0.2) is 188 Å². The van der Waals surface area contributed by atoms with Crippen LogP contribution >= 0.6 is 0 Å². The van der Waals surface area contributed by atoms with Gasteiger partial charge in [0.15, 0.2) is 0 Å². The van der Waals surface area contributed by atoms with E-state index in [1.807, 2.05) is 0 Å². The zero-order valence-electron chi connectivity index (χ0n) is 25.8. The summed E-state index contributed by atoms with van der Waals surface area (Å²) < 4.78 is 0. The van der Waals surface area contributed by atoms with Crippen molar-refractivity contribution in [1.29, 1.82) is 0 Å². The Morgan fingerprint density at radius 2 is 0.830 bits per heavy atom. The second-order valence-electron chi connectivity index (χ2n) is 12.1. The minimum Gasteiger partial charge on any atom is -0.310 e. The first-order valence-electron chi connectivity index (χ1n) is 16.2. The molecule has 0 N–H and O–H groups in total. The lowest BCUT2D eigenvalue weighted by Gasteiger charge is -2.26. The van der Waals surface area contributed by atoms with E-state index in [-0.39, 0.29) is 0 Å². The molecule has 0 aliphatic carbocycles. The minimum absolute atomic E-state index is 1.12. The molecule has 0 unspecified atom stereocenters. The molecule has 220 valence electrons. The third kappa shape index (κ3) is 4.72. The van der Waals surface area contributed by atoms with Crippen molar-refractivity contribution in [3.8, 4) is 22.3 Å². The first-order valence-corrected chi connectivity index (χ1v) is 16.2. The van der Waals surface area contributed by atoms with Crippen molar-refractivity contribution in [1.82, 2.24) is 0 Å². The maximum atomic E-state index is 2.35. The van der Waals surface area contributed by atoms with Crippen molar-refractivity contribution in [2.24, 2.45) is 0 Å². The van der Waals surface area contributed by atoms with Crippen LogP contribution in [0, 0.1) is 0 Å². The molecule has 1 heteroatoms. The standard InChI is InChI=1S/C46H31N/c1-2-15-37(16-3-1)47(38-28-25-34(26-29-38)41-20-9-13-32-11-4-6-18-40(32)41)39-17-8-14-36(31-39)42-21-10-22-45-44(42)30-27-35-24-23-33-12-5-7-19-43(33)46(35)45/h1-31H. The minimum atomic E-state index is 1.12. The average Bonchev–Trinajstić information content (AvgIpc) is 3.15. The Bertz CT molecular complexity index is 2560. The molecule has 9 rings (SSSR count). The number of fused-ring (bicyclic) bond motifs is 6. The van der Waals surface area contributed by atoms with E-state index in [0.29, 0.717) is 0 Å². The van der Waals surface area contributed by atoms with Gasteiger partial charge in [-0.25, -0.2) is 0 Å². The number of nitrogens with zero attached hydrogens (tertiary/aromatic N) is 1. The molecule has 0 fully saturated rings. The molecule has 0 saturated heterocycles. The lowest BCUT2D eigenvalue weighted by atomic mass is 9.92. The maximum absolute atomic E-state index is 2.35. The molecule has 0 bridgehead atoms. The van der Waals surface area contributed by atoms with E-state index in [1.165, 1.54) is 65.3 Å². The predicted octanol–water partition coefficient (Wildman–Crippen LogP) is 13.1. The van der Waals surface area contributed by atoms with Crippen LogP contribution in [0.3, 0.4) is 0 Å². The van der Waals surface area contributed by atoms with Gasteiger partial charge in [0.1, 0.15) is 0 Å². The fourth-order valence-corrected chi connectivity index (χ4v) is 7.22. The van der Waals surface area contributed by atoms with Gasteiger partial charge >= 0.3 is 0 Å². The van der Waals surface area contributed by atoms with Crippen LogP contribution in [0.25, 0.3) is 65.3 Å². The Labute approximate surface area is 274 Å². The fourth-order valence-electron chi connectivity index (χ4n) is 7.22. The van der Waals surface area contributed by atoms with E-state index in [1.54, 1.807) is 0 Å². The first-order chi connectivity index (χ1) is 23.3. The second-order valence-corrected chi connectivity index (χ2v) is 12.1. The monoisotopic (exact) mass is 597 g/mol. The van der Waals surface area contributed by atoms with E-state index >= 15 is 0 Å². The van der Waals surface area contributed by atoms with Gasteiger partial charge in [-0.1, -0.05) is 152 Å². The van der Waals surface area contributed by atoms with Crippen molar-refractivity contribution in [3.05, 3.63) is 188 Å². The van der Waals surface area contributed by atoms with Gasteiger partial charge < -0.3 is 4.90 Å². The van der Waals surface area contributed by atoms with E-state index in [4.69, 9.17) is 0 Å². The van der Waals surface area contributed by atoms with Gasteiger partial charge in [0.2, 0.25) is 0 Å². The van der Waals surface area contributed by atoms with E-state index < -0.39 is 0 Å². The largest absolute Gasteiger partial charge is 0.310 e. The van der Waals surface area contributed by atoms with Crippen LogP contribution in [0.4, 0.5) is 17.1 Å². The van der Waals surface area contributed by atoms with Crippen LogP contribution in [0.1, 0.15) is 0 Å². The summed E-state index contributed by atoms with van der Waals surface area (Å²) >= 11 is 0. The number of anilines is 3. The van der Waals surface area contributed by atoms with Crippen molar-refractivity contribution < 1.29 is 0 Å². The Morgan fingerprint density at radius 3 is 1.66 bits per heavy atom. The molecule has 1 nitrogen and oxygen atoms in total. The van der Waals surface area contributed by atoms with Crippen LogP contribution < -0.4 is 4.90 Å². The highest BCUT2D eigenvalue weighted by atomic mass is 15.1. The molecule has 47 heavy (non-hydrogen) atoms. The predicted molar refractivity (Wildman–Crippen MR) is 202 cm³/mol. The van der Waals surface area contributed by atoms with Crippen molar-refractivity contribution in [2.75, 3.05) is 4.90 Å². The molecule has 0 heterocycles. The summed E-state index contributed by atoms with van der Waals surface area (Å²) in [6.07, 6.45) is 0. The Kier molecular flexibility index (Phi) is 6.54. The summed E-state index contributed by atoms with van der Waals surface area (Å²) in [4.78, 5) is 2.35. The summed E-state index contributed by atoms with van der Waals surface area (Å²) in [5, 5.41) is 10.2. The zero-order valence-corrected chi connectivity index (χ0v) is 25.8. The van der Waals surface area contributed by atoms with Gasteiger partial charge in [0.25, 0.3) is 0 Å². The third-order valence-electron chi connectivity index (χ3n) is 9.42. The van der Waals surface area contributed by atoms with Gasteiger partial charge in [-0.05, 0) is 102 Å². The highest BCUT2D eigenvalue weighted by Crippen LogP contribution is 2.41. The Balaban J connectivity index is 1.17. The molecule has 0 saturated carbocycles. The topological polar surface area (TPSA) is 3.24 Å². The highest BCUT2D eigenvalue weighted by molar-refractivity contribution is 6.22. The summed E-state index contributed by atoms with van der Waals surface area (Å²) in [7, 11) is 0. The van der Waals surface area contributed by atoms with Gasteiger partial charge in [-0.2, -0.15) is 0 Å². The Hall–Kier alpha value is -6.18. The number of hydrogen-bond donors (Lipinski definition) is 0. The molecular formula is C46H31N. The molecule has 0 aliphatic rings. The molecule has 0 spiro atoms. The second kappa shape index (κ2) is 11.3. The van der Waals surface area contributed by atoms with E-state index in [2.05, 4.69) is 193 Å². The normalized spacial score (nSPS) is 11.4. The molecule has 0 radical (unpaired) electrons. The van der Waals surface area contributed by atoms with E-state index in [0.717, 1.165) is 17.1 Å². The third-order valence-corrected chi connectivity index (χ3v) is 9.42. The average molecular weight is 598 g/mol. The van der Waals surface area contributed by atoms with Crippen LogP contribution in [0.2, 0.25) is 0 Å². The quantitative estimate of drug-likeness (QED) is 0.178. The summed E-state index contributed by atoms with van der Waals surface area (Å²) in [6.45, 7) is 0. The summed E-state index contributed by atoms with van der Waals surface area (Å²) in [5.74, 6) is 0. The molecule has 0 aromatic heterocycles. The van der Waals surface area contributed by atoms with Gasteiger partial charge in [-0.15, -0.1) is 0 Å². The molecule has 9 aromatic carbocycles. The van der Waals surface area contributed by atoms with Crippen LogP contribution in [-0.2, 0) is 0 Å². The van der Waals surface area contributed by atoms with Crippen molar-refractivity contribution in [2.45, 2.75) is 0 Å². The molecule has 0 amide bonds. The van der Waals surface area contributed by atoms with Gasteiger partial charge in [0, 0.05) is 17.1 Å². The lowest BCUT2D eigenvalue weighted by Crippen LogP contribution is -2.09. The Morgan fingerprint density at radius 1 is 0.277 bits per heavy atom. The number of hydrogen-bond acceptors (Lipinski definition) is 1. The smallest absolute Gasteiger partial charge is 0.0467 e. The molecule has 9 aromatic rings. The number of para-hydroxylation sites is 1.